The van der Waals surface area contributed by atoms with Gasteiger partial charge in [0, 0.05) is 7.11 Å². The first-order chi connectivity index (χ1) is 11.1. The van der Waals surface area contributed by atoms with Gasteiger partial charge >= 0.3 is 0 Å². The second kappa shape index (κ2) is 6.13. The van der Waals surface area contributed by atoms with Crippen molar-refractivity contribution >= 4 is 23.2 Å². The fourth-order valence-corrected chi connectivity index (χ4v) is 3.03. The molecule has 0 aliphatic carbocycles. The molecule has 23 heavy (non-hydrogen) atoms. The number of fused-ring (bicyclic) bond motifs is 1. The zero-order chi connectivity index (χ0) is 16.6. The second-order valence-corrected chi connectivity index (χ2v) is 5.71. The minimum atomic E-state index is -0.529. The molecule has 0 saturated carbocycles. The minimum Gasteiger partial charge on any atom is -0.420 e. The van der Waals surface area contributed by atoms with Gasteiger partial charge < -0.3 is 15.2 Å². The SMILES string of the molecule is COCc1[nH]nc2c1[C@@H](c1cccc(Cl)c1Cl)C(C#N)=C(N)O2. The Hall–Kier alpha value is -2.20. The lowest BCUT2D eigenvalue weighted by Crippen LogP contribution is -2.21. The van der Waals surface area contributed by atoms with Gasteiger partial charge in [-0.1, -0.05) is 35.3 Å². The summed E-state index contributed by atoms with van der Waals surface area (Å²) in [6, 6.07) is 7.33. The number of hydrogen-bond donors (Lipinski definition) is 2. The number of nitrogens with zero attached hydrogens (tertiary/aromatic N) is 2. The zero-order valence-corrected chi connectivity index (χ0v) is 13.6. The van der Waals surface area contributed by atoms with Gasteiger partial charge in [-0.2, -0.15) is 5.26 Å². The van der Waals surface area contributed by atoms with E-state index in [4.69, 9.17) is 38.4 Å². The lowest BCUT2D eigenvalue weighted by molar-refractivity contribution is 0.180. The van der Waals surface area contributed by atoms with Gasteiger partial charge in [0.15, 0.2) is 0 Å². The first-order valence-electron chi connectivity index (χ1n) is 6.66. The summed E-state index contributed by atoms with van der Waals surface area (Å²) >= 11 is 12.5. The maximum absolute atomic E-state index is 9.53. The fourth-order valence-electron chi connectivity index (χ4n) is 2.62. The molecule has 118 valence electrons. The summed E-state index contributed by atoms with van der Waals surface area (Å²) in [7, 11) is 1.56. The van der Waals surface area contributed by atoms with E-state index in [9.17, 15) is 5.26 Å². The summed E-state index contributed by atoms with van der Waals surface area (Å²) < 4.78 is 10.6. The summed E-state index contributed by atoms with van der Waals surface area (Å²) in [5.41, 5.74) is 8.13. The number of benzene rings is 1. The van der Waals surface area contributed by atoms with Crippen LogP contribution < -0.4 is 10.5 Å². The van der Waals surface area contributed by atoms with Crippen LogP contribution in [0.25, 0.3) is 0 Å². The average molecular weight is 351 g/mol. The van der Waals surface area contributed by atoms with E-state index in [1.807, 2.05) is 0 Å². The third-order valence-electron chi connectivity index (χ3n) is 3.60. The van der Waals surface area contributed by atoms with Crippen molar-refractivity contribution in [2.24, 2.45) is 5.73 Å². The molecule has 1 aromatic carbocycles. The van der Waals surface area contributed by atoms with Gasteiger partial charge in [0.2, 0.25) is 11.8 Å². The molecule has 1 aromatic heterocycles. The fraction of sp³-hybridized carbons (Fsp3) is 0.200. The Morgan fingerprint density at radius 2 is 2.26 bits per heavy atom. The van der Waals surface area contributed by atoms with Crippen LogP contribution in [0.15, 0.2) is 29.7 Å². The molecular formula is C15H12Cl2N4O2. The molecule has 0 saturated heterocycles. The number of aromatic amines is 1. The normalized spacial score (nSPS) is 16.7. The van der Waals surface area contributed by atoms with Gasteiger partial charge in [0.25, 0.3) is 0 Å². The molecule has 1 aliphatic rings. The highest BCUT2D eigenvalue weighted by molar-refractivity contribution is 6.42. The molecule has 3 N–H and O–H groups in total. The number of nitriles is 1. The van der Waals surface area contributed by atoms with Crippen molar-refractivity contribution in [1.29, 1.82) is 5.26 Å². The third kappa shape index (κ3) is 2.53. The van der Waals surface area contributed by atoms with E-state index in [0.717, 1.165) is 0 Å². The van der Waals surface area contributed by atoms with E-state index in [-0.39, 0.29) is 18.1 Å². The van der Waals surface area contributed by atoms with Crippen molar-refractivity contribution in [2.75, 3.05) is 7.11 Å². The molecule has 2 heterocycles. The van der Waals surface area contributed by atoms with Gasteiger partial charge in [0.1, 0.15) is 11.6 Å². The standard InChI is InChI=1S/C15H12Cl2N4O2/c1-22-6-10-12-11(7-3-2-4-9(16)13(7)17)8(5-18)14(19)23-15(12)21-20-10/h2-4,11H,6,19H2,1H3,(H,20,21)/t11-/m0/s1. The highest BCUT2D eigenvalue weighted by Gasteiger charge is 2.36. The van der Waals surface area contributed by atoms with Gasteiger partial charge in [-0.25, -0.2) is 0 Å². The molecule has 0 fully saturated rings. The lowest BCUT2D eigenvalue weighted by Gasteiger charge is -2.24. The molecule has 6 nitrogen and oxygen atoms in total. The highest BCUT2D eigenvalue weighted by atomic mass is 35.5. The van der Waals surface area contributed by atoms with Crippen LogP contribution in [-0.4, -0.2) is 17.3 Å². The number of nitrogens with two attached hydrogens (primary N) is 1. The van der Waals surface area contributed by atoms with Gasteiger partial charge in [-0.05, 0) is 11.6 Å². The second-order valence-electron chi connectivity index (χ2n) is 4.92. The summed E-state index contributed by atoms with van der Waals surface area (Å²) in [6.07, 6.45) is 0. The van der Waals surface area contributed by atoms with Gasteiger partial charge in [0.05, 0.1) is 33.8 Å². The van der Waals surface area contributed by atoms with Crippen molar-refractivity contribution in [3.8, 4) is 11.9 Å². The van der Waals surface area contributed by atoms with Crippen LogP contribution in [-0.2, 0) is 11.3 Å². The molecule has 1 atom stereocenters. The molecule has 0 amide bonds. The van der Waals surface area contributed by atoms with E-state index in [0.29, 0.717) is 32.7 Å². The molecule has 2 aromatic rings. The molecule has 0 spiro atoms. The molecule has 0 bridgehead atoms. The van der Waals surface area contributed by atoms with Crippen LogP contribution in [0.3, 0.4) is 0 Å². The van der Waals surface area contributed by atoms with E-state index in [2.05, 4.69) is 16.3 Å². The molecular weight excluding hydrogens is 339 g/mol. The Kier molecular flexibility index (Phi) is 4.18. The molecule has 1 aliphatic heterocycles. The van der Waals surface area contributed by atoms with Crippen LogP contribution in [0.1, 0.15) is 22.7 Å². The van der Waals surface area contributed by atoms with Crippen LogP contribution in [0.5, 0.6) is 5.88 Å². The van der Waals surface area contributed by atoms with Crippen LogP contribution in [0.4, 0.5) is 0 Å². The maximum Gasteiger partial charge on any atom is 0.244 e. The number of rotatable bonds is 3. The van der Waals surface area contributed by atoms with Crippen LogP contribution in [0, 0.1) is 11.3 Å². The van der Waals surface area contributed by atoms with E-state index >= 15 is 0 Å². The van der Waals surface area contributed by atoms with Gasteiger partial charge in [-0.15, -0.1) is 5.10 Å². The smallest absolute Gasteiger partial charge is 0.244 e. The Morgan fingerprint density at radius 1 is 1.48 bits per heavy atom. The summed E-state index contributed by atoms with van der Waals surface area (Å²) in [5, 5.41) is 17.2. The summed E-state index contributed by atoms with van der Waals surface area (Å²) in [4.78, 5) is 0. The first-order valence-corrected chi connectivity index (χ1v) is 7.41. The molecule has 3 rings (SSSR count). The number of halogens is 2. The predicted molar refractivity (Wildman–Crippen MR) is 85.1 cm³/mol. The highest BCUT2D eigenvalue weighted by Crippen LogP contribution is 2.46. The van der Waals surface area contributed by atoms with Crippen LogP contribution in [0.2, 0.25) is 10.0 Å². The Morgan fingerprint density at radius 3 is 2.96 bits per heavy atom. The Balaban J connectivity index is 2.26. The topological polar surface area (TPSA) is 97.0 Å². The number of H-pyrrole nitrogens is 1. The summed E-state index contributed by atoms with van der Waals surface area (Å²) in [5.74, 6) is -0.232. The van der Waals surface area contributed by atoms with Crippen molar-refractivity contribution in [1.82, 2.24) is 10.2 Å². The Bertz CT molecular complexity index is 838. The van der Waals surface area contributed by atoms with Crippen molar-refractivity contribution in [3.63, 3.8) is 0 Å². The number of aromatic nitrogens is 2. The van der Waals surface area contributed by atoms with Crippen molar-refractivity contribution in [3.05, 3.63) is 56.5 Å². The number of allylic oxidation sites excluding steroid dienone is 1. The van der Waals surface area contributed by atoms with E-state index in [1.165, 1.54) is 0 Å². The van der Waals surface area contributed by atoms with Crippen molar-refractivity contribution in [2.45, 2.75) is 12.5 Å². The van der Waals surface area contributed by atoms with Gasteiger partial charge in [-0.3, -0.25) is 5.10 Å². The third-order valence-corrected chi connectivity index (χ3v) is 4.43. The zero-order valence-electron chi connectivity index (χ0n) is 12.1. The van der Waals surface area contributed by atoms with E-state index in [1.54, 1.807) is 25.3 Å². The van der Waals surface area contributed by atoms with Crippen molar-refractivity contribution < 1.29 is 9.47 Å². The lowest BCUT2D eigenvalue weighted by atomic mass is 9.84. The number of nitrogens with one attached hydrogen (secondary N) is 1. The predicted octanol–water partition coefficient (Wildman–Crippen LogP) is 3.08. The Labute approximate surface area is 142 Å². The monoisotopic (exact) mass is 350 g/mol. The quantitative estimate of drug-likeness (QED) is 0.886. The maximum atomic E-state index is 9.53. The molecule has 8 heteroatoms. The minimum absolute atomic E-state index is 0.00323. The summed E-state index contributed by atoms with van der Waals surface area (Å²) in [6.45, 7) is 0.277. The van der Waals surface area contributed by atoms with E-state index < -0.39 is 5.92 Å². The number of methoxy groups -OCH3 is 1. The number of hydrogen-bond acceptors (Lipinski definition) is 5. The molecule has 0 unspecified atom stereocenters. The number of ether oxygens (including phenoxy) is 2. The average Bonchev–Trinajstić information content (AvgIpc) is 2.92. The van der Waals surface area contributed by atoms with Crippen LogP contribution >= 0.6 is 23.2 Å². The first kappa shape index (κ1) is 15.7. The molecule has 0 radical (unpaired) electrons. The largest absolute Gasteiger partial charge is 0.420 e.